The minimum absolute atomic E-state index is 0.123. The van der Waals surface area contributed by atoms with Crippen LogP contribution in [0.3, 0.4) is 0 Å². The molecule has 0 amide bonds. The number of ether oxygens (including phenoxy) is 1. The molecule has 2 aromatic carbocycles. The lowest BCUT2D eigenvalue weighted by atomic mass is 10.2. The van der Waals surface area contributed by atoms with E-state index in [2.05, 4.69) is 4.98 Å². The van der Waals surface area contributed by atoms with Gasteiger partial charge in [0, 0.05) is 18.6 Å². The molecule has 0 unspecified atom stereocenters. The van der Waals surface area contributed by atoms with E-state index in [4.69, 9.17) is 9.84 Å². The number of thiazole rings is 1. The highest BCUT2D eigenvalue weighted by molar-refractivity contribution is 7.21. The number of aliphatic hydroxyl groups is 1. The molecule has 0 spiro atoms. The van der Waals surface area contributed by atoms with Crippen LogP contribution in [0, 0.1) is 5.82 Å². The molecule has 0 aliphatic carbocycles. The van der Waals surface area contributed by atoms with Crippen molar-refractivity contribution in [1.82, 2.24) is 4.98 Å². The molecule has 0 fully saturated rings. The number of nitrogens with zero attached hydrogens (tertiary/aromatic N) is 1. The molecule has 3 aromatic rings. The number of rotatable bonds is 5. The van der Waals surface area contributed by atoms with E-state index in [0.717, 1.165) is 26.5 Å². The number of hydrogen-bond donors (Lipinski definition) is 1. The fourth-order valence-electron chi connectivity index (χ4n) is 1.97. The van der Waals surface area contributed by atoms with Crippen molar-refractivity contribution in [3.63, 3.8) is 0 Å². The summed E-state index contributed by atoms with van der Waals surface area (Å²) in [7, 11) is 0. The van der Waals surface area contributed by atoms with Crippen molar-refractivity contribution in [3.05, 3.63) is 48.3 Å². The standard InChI is InChI=1S/C16H14FNO2S/c17-12-4-2-11(3-5-12)16-18-14-7-6-13(10-15(14)21-16)20-9-1-8-19/h2-7,10,19H,1,8-9H2. The average Bonchev–Trinajstić information content (AvgIpc) is 2.91. The van der Waals surface area contributed by atoms with Gasteiger partial charge in [0.15, 0.2) is 0 Å². The first-order valence-electron chi connectivity index (χ1n) is 6.66. The molecule has 1 aromatic heterocycles. The topological polar surface area (TPSA) is 42.4 Å². The maximum Gasteiger partial charge on any atom is 0.124 e. The Bertz CT molecular complexity index is 740. The van der Waals surface area contributed by atoms with E-state index in [1.807, 2.05) is 18.2 Å². The molecule has 3 rings (SSSR count). The van der Waals surface area contributed by atoms with Gasteiger partial charge in [-0.05, 0) is 42.5 Å². The zero-order chi connectivity index (χ0) is 14.7. The molecule has 0 aliphatic rings. The zero-order valence-electron chi connectivity index (χ0n) is 11.3. The minimum atomic E-state index is -0.251. The quantitative estimate of drug-likeness (QED) is 0.728. The third-order valence-electron chi connectivity index (χ3n) is 3.02. The van der Waals surface area contributed by atoms with Crippen LogP contribution in [-0.4, -0.2) is 23.3 Å². The van der Waals surface area contributed by atoms with Crippen molar-refractivity contribution in [3.8, 4) is 16.3 Å². The van der Waals surface area contributed by atoms with Crippen LogP contribution < -0.4 is 4.74 Å². The molecule has 0 saturated carbocycles. The van der Waals surface area contributed by atoms with Gasteiger partial charge in [-0.3, -0.25) is 0 Å². The number of benzene rings is 2. The second kappa shape index (κ2) is 6.20. The number of halogens is 1. The molecule has 0 radical (unpaired) electrons. The van der Waals surface area contributed by atoms with Crippen LogP contribution in [0.25, 0.3) is 20.8 Å². The molecule has 5 heteroatoms. The Hall–Kier alpha value is -1.98. The molecule has 0 saturated heterocycles. The molecule has 0 atom stereocenters. The van der Waals surface area contributed by atoms with Crippen LogP contribution in [0.15, 0.2) is 42.5 Å². The Morgan fingerprint density at radius 2 is 1.95 bits per heavy atom. The Kier molecular flexibility index (Phi) is 4.13. The Balaban J connectivity index is 1.87. The van der Waals surface area contributed by atoms with Crippen LogP contribution in [0.4, 0.5) is 4.39 Å². The Labute approximate surface area is 125 Å². The van der Waals surface area contributed by atoms with Crippen LogP contribution in [0.2, 0.25) is 0 Å². The van der Waals surface area contributed by atoms with Crippen molar-refractivity contribution < 1.29 is 14.2 Å². The summed E-state index contributed by atoms with van der Waals surface area (Å²) >= 11 is 1.55. The fraction of sp³-hybridized carbons (Fsp3) is 0.188. The molecule has 108 valence electrons. The highest BCUT2D eigenvalue weighted by Crippen LogP contribution is 2.32. The van der Waals surface area contributed by atoms with Gasteiger partial charge in [-0.15, -0.1) is 11.3 Å². The van der Waals surface area contributed by atoms with Crippen LogP contribution in [-0.2, 0) is 0 Å². The van der Waals surface area contributed by atoms with Gasteiger partial charge in [-0.2, -0.15) is 0 Å². The number of hydrogen-bond acceptors (Lipinski definition) is 4. The summed E-state index contributed by atoms with van der Waals surface area (Å²) in [6.45, 7) is 0.614. The fourth-order valence-corrected chi connectivity index (χ4v) is 2.96. The number of fused-ring (bicyclic) bond motifs is 1. The normalized spacial score (nSPS) is 11.0. The summed E-state index contributed by atoms with van der Waals surface area (Å²) in [6.07, 6.45) is 0.613. The SMILES string of the molecule is OCCCOc1ccc2nc(-c3ccc(F)cc3)sc2c1. The predicted octanol–water partition coefficient (Wildman–Crippen LogP) is 3.86. The summed E-state index contributed by atoms with van der Waals surface area (Å²) in [5.41, 5.74) is 1.80. The highest BCUT2D eigenvalue weighted by atomic mass is 32.1. The Morgan fingerprint density at radius 3 is 2.71 bits per heavy atom. The second-order valence-electron chi connectivity index (χ2n) is 4.58. The van der Waals surface area contributed by atoms with Crippen molar-refractivity contribution in [2.24, 2.45) is 0 Å². The largest absolute Gasteiger partial charge is 0.493 e. The summed E-state index contributed by atoms with van der Waals surface area (Å²) < 4.78 is 19.5. The van der Waals surface area contributed by atoms with E-state index in [1.165, 1.54) is 12.1 Å². The van der Waals surface area contributed by atoms with Crippen LogP contribution in [0.5, 0.6) is 5.75 Å². The molecular formula is C16H14FNO2S. The molecule has 0 aliphatic heterocycles. The highest BCUT2D eigenvalue weighted by Gasteiger charge is 2.07. The summed E-state index contributed by atoms with van der Waals surface area (Å²) in [5.74, 6) is 0.518. The monoisotopic (exact) mass is 303 g/mol. The maximum atomic E-state index is 13.0. The van der Waals surface area contributed by atoms with Gasteiger partial charge in [0.2, 0.25) is 0 Å². The van der Waals surface area contributed by atoms with Gasteiger partial charge in [-0.25, -0.2) is 9.37 Å². The van der Waals surface area contributed by atoms with Gasteiger partial charge >= 0.3 is 0 Å². The van der Waals surface area contributed by atoms with E-state index in [9.17, 15) is 4.39 Å². The van der Waals surface area contributed by atoms with Gasteiger partial charge in [0.05, 0.1) is 16.8 Å². The number of aromatic nitrogens is 1. The van der Waals surface area contributed by atoms with E-state index < -0.39 is 0 Å². The van der Waals surface area contributed by atoms with Crippen LogP contribution in [0.1, 0.15) is 6.42 Å². The lowest BCUT2D eigenvalue weighted by molar-refractivity contribution is 0.234. The molecule has 3 nitrogen and oxygen atoms in total. The smallest absolute Gasteiger partial charge is 0.124 e. The van der Waals surface area contributed by atoms with Gasteiger partial charge in [0.1, 0.15) is 16.6 Å². The molecule has 0 bridgehead atoms. The predicted molar refractivity (Wildman–Crippen MR) is 82.2 cm³/mol. The lowest BCUT2D eigenvalue weighted by Crippen LogP contribution is -1.99. The summed E-state index contributed by atoms with van der Waals surface area (Å²) in [5, 5.41) is 9.61. The maximum absolute atomic E-state index is 13.0. The molecule has 1 heterocycles. The van der Waals surface area contributed by atoms with Crippen molar-refractivity contribution >= 4 is 21.6 Å². The summed E-state index contributed by atoms with van der Waals surface area (Å²) in [6, 6.07) is 12.0. The molecule has 21 heavy (non-hydrogen) atoms. The first-order valence-corrected chi connectivity index (χ1v) is 7.48. The first kappa shape index (κ1) is 14.0. The minimum Gasteiger partial charge on any atom is -0.493 e. The first-order chi connectivity index (χ1) is 10.3. The van der Waals surface area contributed by atoms with Gasteiger partial charge < -0.3 is 9.84 Å². The van der Waals surface area contributed by atoms with Gasteiger partial charge in [-0.1, -0.05) is 0 Å². The lowest BCUT2D eigenvalue weighted by Gasteiger charge is -2.03. The Morgan fingerprint density at radius 1 is 1.14 bits per heavy atom. The third-order valence-corrected chi connectivity index (χ3v) is 4.09. The number of aliphatic hydroxyl groups excluding tert-OH is 1. The van der Waals surface area contributed by atoms with E-state index in [1.54, 1.807) is 23.5 Å². The van der Waals surface area contributed by atoms with Gasteiger partial charge in [0.25, 0.3) is 0 Å². The summed E-state index contributed by atoms with van der Waals surface area (Å²) in [4.78, 5) is 4.55. The van der Waals surface area contributed by atoms with E-state index >= 15 is 0 Å². The zero-order valence-corrected chi connectivity index (χ0v) is 12.1. The van der Waals surface area contributed by atoms with E-state index in [-0.39, 0.29) is 12.4 Å². The molecular weight excluding hydrogens is 289 g/mol. The van der Waals surface area contributed by atoms with Crippen molar-refractivity contribution in [1.29, 1.82) is 0 Å². The third kappa shape index (κ3) is 3.20. The van der Waals surface area contributed by atoms with Crippen LogP contribution >= 0.6 is 11.3 Å². The van der Waals surface area contributed by atoms with Crippen molar-refractivity contribution in [2.75, 3.05) is 13.2 Å². The second-order valence-corrected chi connectivity index (χ2v) is 5.61. The molecule has 1 N–H and O–H groups in total. The van der Waals surface area contributed by atoms with Crippen molar-refractivity contribution in [2.45, 2.75) is 6.42 Å². The average molecular weight is 303 g/mol. The van der Waals surface area contributed by atoms with E-state index in [0.29, 0.717) is 13.0 Å².